The van der Waals surface area contributed by atoms with Gasteiger partial charge in [-0.25, -0.2) is 0 Å². The first-order chi connectivity index (χ1) is 8.31. The van der Waals surface area contributed by atoms with E-state index in [9.17, 15) is 4.79 Å². The molecule has 1 aromatic rings. The van der Waals surface area contributed by atoms with E-state index in [0.717, 1.165) is 32.1 Å². The molecule has 1 fully saturated rings. The molecule has 5 heteroatoms. The predicted molar refractivity (Wildman–Crippen MR) is 60.7 cm³/mol. The molecular weight excluding hydrogens is 220 g/mol. The molecule has 1 heterocycles. The van der Waals surface area contributed by atoms with Crippen LogP contribution in [0.1, 0.15) is 49.7 Å². The van der Waals surface area contributed by atoms with Crippen LogP contribution in [0.3, 0.4) is 0 Å². The number of carbonyl (C=O) groups is 1. The van der Waals surface area contributed by atoms with Crippen LogP contribution in [0, 0.1) is 0 Å². The third-order valence-electron chi connectivity index (χ3n) is 3.09. The third-order valence-corrected chi connectivity index (χ3v) is 3.09. The number of aryl methyl sites for hydroxylation is 1. The topological polar surface area (TPSA) is 65.2 Å². The highest BCUT2D eigenvalue weighted by Crippen LogP contribution is 2.28. The van der Waals surface area contributed by atoms with Crippen LogP contribution in [-0.4, -0.2) is 29.6 Å². The second-order valence-corrected chi connectivity index (χ2v) is 4.41. The van der Waals surface area contributed by atoms with Crippen LogP contribution in [0.15, 0.2) is 4.52 Å². The molecule has 0 saturated heterocycles. The van der Waals surface area contributed by atoms with Crippen molar-refractivity contribution >= 4 is 5.78 Å². The Morgan fingerprint density at radius 2 is 2.35 bits per heavy atom. The normalized spacial score (nSPS) is 20.8. The lowest BCUT2D eigenvalue weighted by Crippen LogP contribution is -2.17. The second-order valence-electron chi connectivity index (χ2n) is 4.41. The quantitative estimate of drug-likeness (QED) is 0.733. The Kier molecular flexibility index (Phi) is 4.25. The Bertz CT molecular complexity index is 376. The molecule has 0 radical (unpaired) electrons. The minimum absolute atomic E-state index is 0.160. The molecule has 0 spiro atoms. The maximum Gasteiger partial charge on any atom is 0.237 e. The number of carbonyl (C=O) groups excluding carboxylic acids is 1. The monoisotopic (exact) mass is 238 g/mol. The van der Waals surface area contributed by atoms with Crippen LogP contribution in [0.5, 0.6) is 0 Å². The fourth-order valence-electron chi connectivity index (χ4n) is 2.13. The zero-order chi connectivity index (χ0) is 12.1. The highest BCUT2D eigenvalue weighted by Gasteiger charge is 2.28. The van der Waals surface area contributed by atoms with Crippen molar-refractivity contribution in [3.63, 3.8) is 0 Å². The van der Waals surface area contributed by atoms with E-state index < -0.39 is 0 Å². The van der Waals surface area contributed by atoms with Gasteiger partial charge in [-0.05, 0) is 19.3 Å². The maximum atomic E-state index is 11.7. The van der Waals surface area contributed by atoms with Gasteiger partial charge in [0.05, 0.1) is 5.92 Å². The lowest BCUT2D eigenvalue weighted by molar-refractivity contribution is -0.122. The summed E-state index contributed by atoms with van der Waals surface area (Å²) in [6, 6.07) is 0. The van der Waals surface area contributed by atoms with Crippen molar-refractivity contribution in [3.05, 3.63) is 11.7 Å². The summed E-state index contributed by atoms with van der Waals surface area (Å²) in [7, 11) is 1.67. The van der Waals surface area contributed by atoms with Crippen LogP contribution in [0.4, 0.5) is 0 Å². The van der Waals surface area contributed by atoms with Gasteiger partial charge in [0.25, 0.3) is 0 Å². The lowest BCUT2D eigenvalue weighted by Gasteiger charge is -2.16. The average molecular weight is 238 g/mol. The highest BCUT2D eigenvalue weighted by atomic mass is 16.5. The molecule has 5 nitrogen and oxygen atoms in total. The smallest absolute Gasteiger partial charge is 0.237 e. The summed E-state index contributed by atoms with van der Waals surface area (Å²) in [5.74, 6) is 1.26. The van der Waals surface area contributed by atoms with E-state index in [1.54, 1.807) is 7.11 Å². The fourth-order valence-corrected chi connectivity index (χ4v) is 2.13. The zero-order valence-electron chi connectivity index (χ0n) is 10.1. The molecule has 1 saturated carbocycles. The molecule has 0 bridgehead atoms. The van der Waals surface area contributed by atoms with Crippen LogP contribution in [0.2, 0.25) is 0 Å². The minimum atomic E-state index is -0.160. The fraction of sp³-hybridized carbons (Fsp3) is 0.750. The first-order valence-corrected chi connectivity index (χ1v) is 6.15. The highest BCUT2D eigenvalue weighted by molar-refractivity contribution is 5.85. The molecular formula is C12H18N2O3. The Labute approximate surface area is 101 Å². The second kappa shape index (κ2) is 5.91. The number of nitrogens with zero attached hydrogens (tertiary/aromatic N) is 2. The third kappa shape index (κ3) is 3.12. The van der Waals surface area contributed by atoms with Crippen molar-refractivity contribution < 1.29 is 14.1 Å². The summed E-state index contributed by atoms with van der Waals surface area (Å²) in [5, 5.41) is 3.90. The van der Waals surface area contributed by atoms with Crippen molar-refractivity contribution in [2.45, 2.75) is 44.4 Å². The maximum absolute atomic E-state index is 11.7. The minimum Gasteiger partial charge on any atom is -0.385 e. The van der Waals surface area contributed by atoms with Gasteiger partial charge in [0.1, 0.15) is 5.78 Å². The first kappa shape index (κ1) is 12.2. The van der Waals surface area contributed by atoms with Crippen LogP contribution >= 0.6 is 0 Å². The Morgan fingerprint density at radius 1 is 1.47 bits per heavy atom. The lowest BCUT2D eigenvalue weighted by atomic mass is 9.88. The molecule has 1 aliphatic carbocycles. The molecule has 0 aromatic carbocycles. The Hall–Kier alpha value is -1.23. The van der Waals surface area contributed by atoms with Crippen LogP contribution in [0.25, 0.3) is 0 Å². The van der Waals surface area contributed by atoms with Gasteiger partial charge in [-0.3, -0.25) is 4.79 Å². The summed E-state index contributed by atoms with van der Waals surface area (Å²) in [5.41, 5.74) is 0. The molecule has 1 aromatic heterocycles. The number of hydrogen-bond donors (Lipinski definition) is 0. The zero-order valence-corrected chi connectivity index (χ0v) is 10.1. The van der Waals surface area contributed by atoms with E-state index in [1.807, 2.05) is 0 Å². The van der Waals surface area contributed by atoms with Crippen molar-refractivity contribution in [1.82, 2.24) is 10.1 Å². The average Bonchev–Trinajstić information content (AvgIpc) is 2.79. The van der Waals surface area contributed by atoms with Crippen LogP contribution < -0.4 is 0 Å². The van der Waals surface area contributed by atoms with E-state index in [0.29, 0.717) is 24.7 Å². The van der Waals surface area contributed by atoms with Gasteiger partial charge in [-0.1, -0.05) is 11.6 Å². The molecule has 0 aliphatic heterocycles. The number of Topliss-reactive ketones (excluding diaryl/α,β-unsaturated/α-hetero) is 1. The number of hydrogen-bond acceptors (Lipinski definition) is 5. The van der Waals surface area contributed by atoms with E-state index >= 15 is 0 Å². The molecule has 94 valence electrons. The number of ketones is 1. The number of rotatable bonds is 5. The van der Waals surface area contributed by atoms with Gasteiger partial charge in [-0.2, -0.15) is 4.98 Å². The SMILES string of the molecule is COCCCc1noc(C2CCCCC2=O)n1. The van der Waals surface area contributed by atoms with Gasteiger partial charge in [0, 0.05) is 26.6 Å². The van der Waals surface area contributed by atoms with E-state index in [-0.39, 0.29) is 11.7 Å². The largest absolute Gasteiger partial charge is 0.385 e. The molecule has 1 atom stereocenters. The molecule has 0 N–H and O–H groups in total. The standard InChI is InChI=1S/C12H18N2O3/c1-16-8-4-7-11-13-12(17-14-11)9-5-2-3-6-10(9)15/h9H,2-8H2,1H3. The number of aromatic nitrogens is 2. The van der Waals surface area contributed by atoms with Crippen molar-refractivity contribution in [3.8, 4) is 0 Å². The van der Waals surface area contributed by atoms with Gasteiger partial charge >= 0.3 is 0 Å². The number of ether oxygens (including phenoxy) is 1. The molecule has 0 amide bonds. The van der Waals surface area contributed by atoms with E-state index in [2.05, 4.69) is 10.1 Å². The molecule has 2 rings (SSSR count). The molecule has 1 unspecified atom stereocenters. The van der Waals surface area contributed by atoms with Crippen molar-refractivity contribution in [1.29, 1.82) is 0 Å². The van der Waals surface area contributed by atoms with E-state index in [4.69, 9.17) is 9.26 Å². The predicted octanol–water partition coefficient (Wildman–Crippen LogP) is 1.88. The Balaban J connectivity index is 1.94. The summed E-state index contributed by atoms with van der Waals surface area (Å²) in [6.45, 7) is 0.687. The van der Waals surface area contributed by atoms with Crippen molar-refractivity contribution in [2.24, 2.45) is 0 Å². The number of methoxy groups -OCH3 is 1. The summed E-state index contributed by atoms with van der Waals surface area (Å²) in [4.78, 5) is 16.0. The first-order valence-electron chi connectivity index (χ1n) is 6.15. The summed E-state index contributed by atoms with van der Waals surface area (Å²) < 4.78 is 10.1. The van der Waals surface area contributed by atoms with E-state index in [1.165, 1.54) is 0 Å². The van der Waals surface area contributed by atoms with Gasteiger partial charge < -0.3 is 9.26 Å². The van der Waals surface area contributed by atoms with Gasteiger partial charge in [0.15, 0.2) is 5.82 Å². The van der Waals surface area contributed by atoms with Gasteiger partial charge in [-0.15, -0.1) is 0 Å². The van der Waals surface area contributed by atoms with Gasteiger partial charge in [0.2, 0.25) is 5.89 Å². The van der Waals surface area contributed by atoms with Crippen LogP contribution in [-0.2, 0) is 16.0 Å². The van der Waals surface area contributed by atoms with Crippen molar-refractivity contribution in [2.75, 3.05) is 13.7 Å². The summed E-state index contributed by atoms with van der Waals surface area (Å²) in [6.07, 6.45) is 5.15. The molecule has 1 aliphatic rings. The molecule has 17 heavy (non-hydrogen) atoms. The Morgan fingerprint density at radius 3 is 3.12 bits per heavy atom. The summed E-state index contributed by atoms with van der Waals surface area (Å²) >= 11 is 0.